The zero-order chi connectivity index (χ0) is 7.84. The summed E-state index contributed by atoms with van der Waals surface area (Å²) in [6.07, 6.45) is 7.40. The van der Waals surface area contributed by atoms with Crippen molar-refractivity contribution in [3.63, 3.8) is 0 Å². The molecule has 2 aliphatic rings. The second-order valence-electron chi connectivity index (χ2n) is 4.36. The van der Waals surface area contributed by atoms with Crippen LogP contribution in [-0.4, -0.2) is 0 Å². The van der Waals surface area contributed by atoms with Crippen LogP contribution in [0.25, 0.3) is 0 Å². The molecule has 0 heteroatoms. The molecule has 0 nitrogen and oxygen atoms in total. The summed E-state index contributed by atoms with van der Waals surface area (Å²) in [6.45, 7) is 4.58. The Hall–Kier alpha value is -0.260. The molecule has 2 saturated carbocycles. The van der Waals surface area contributed by atoms with E-state index in [-0.39, 0.29) is 0 Å². The fraction of sp³-hybridized carbons (Fsp3) is 0.818. The van der Waals surface area contributed by atoms with Gasteiger partial charge in [0.05, 0.1) is 0 Å². The summed E-state index contributed by atoms with van der Waals surface area (Å²) in [4.78, 5) is 0. The first kappa shape index (κ1) is 7.39. The Labute approximate surface area is 69.7 Å². The lowest BCUT2D eigenvalue weighted by molar-refractivity contribution is 0.490. The Morgan fingerprint density at radius 3 is 2.73 bits per heavy atom. The van der Waals surface area contributed by atoms with E-state index in [1.807, 2.05) is 5.57 Å². The Morgan fingerprint density at radius 2 is 2.00 bits per heavy atom. The molecule has 62 valence electrons. The molecule has 11 heavy (non-hydrogen) atoms. The lowest BCUT2D eigenvalue weighted by atomic mass is 9.94. The third kappa shape index (κ3) is 1.13. The van der Waals surface area contributed by atoms with E-state index in [1.54, 1.807) is 5.57 Å². The van der Waals surface area contributed by atoms with Crippen LogP contribution in [0.2, 0.25) is 0 Å². The van der Waals surface area contributed by atoms with Crippen LogP contribution in [0.1, 0.15) is 46.0 Å². The van der Waals surface area contributed by atoms with Crippen LogP contribution in [0.3, 0.4) is 0 Å². The minimum Gasteiger partial charge on any atom is -0.0769 e. The molecule has 0 aliphatic heterocycles. The number of hydrogen-bond donors (Lipinski definition) is 0. The molecule has 2 fully saturated rings. The highest BCUT2D eigenvalue weighted by atomic mass is 14.4. The van der Waals surface area contributed by atoms with Gasteiger partial charge in [-0.15, -0.1) is 0 Å². The van der Waals surface area contributed by atoms with Crippen LogP contribution in [0.15, 0.2) is 11.1 Å². The number of fused-ring (bicyclic) bond motifs is 1. The van der Waals surface area contributed by atoms with E-state index in [2.05, 4.69) is 13.8 Å². The van der Waals surface area contributed by atoms with Gasteiger partial charge in [0.1, 0.15) is 0 Å². The van der Waals surface area contributed by atoms with Crippen LogP contribution in [-0.2, 0) is 0 Å². The first-order valence-electron chi connectivity index (χ1n) is 4.95. The van der Waals surface area contributed by atoms with Crippen molar-refractivity contribution in [1.82, 2.24) is 0 Å². The highest BCUT2D eigenvalue weighted by Gasteiger charge is 2.35. The van der Waals surface area contributed by atoms with Gasteiger partial charge in [0, 0.05) is 0 Å². The summed E-state index contributed by atoms with van der Waals surface area (Å²) in [7, 11) is 0. The molecule has 0 spiro atoms. The Kier molecular flexibility index (Phi) is 1.78. The van der Waals surface area contributed by atoms with E-state index in [1.165, 1.54) is 32.1 Å². The van der Waals surface area contributed by atoms with Crippen LogP contribution in [0.4, 0.5) is 0 Å². The van der Waals surface area contributed by atoms with Crippen molar-refractivity contribution in [3.8, 4) is 0 Å². The van der Waals surface area contributed by atoms with E-state index in [9.17, 15) is 0 Å². The lowest BCUT2D eigenvalue weighted by Gasteiger charge is -2.11. The average Bonchev–Trinajstić information content (AvgIpc) is 2.41. The van der Waals surface area contributed by atoms with Gasteiger partial charge in [0.15, 0.2) is 0 Å². The molecule has 0 aromatic rings. The van der Waals surface area contributed by atoms with Crippen molar-refractivity contribution in [2.45, 2.75) is 46.0 Å². The molecule has 0 aromatic carbocycles. The van der Waals surface area contributed by atoms with Crippen molar-refractivity contribution in [3.05, 3.63) is 11.1 Å². The minimum absolute atomic E-state index is 1.01. The molecule has 0 heterocycles. The van der Waals surface area contributed by atoms with Gasteiger partial charge in [0.2, 0.25) is 0 Å². The first-order chi connectivity index (χ1) is 5.29. The number of hydrogen-bond acceptors (Lipinski definition) is 0. The molecule has 2 atom stereocenters. The average molecular weight is 150 g/mol. The van der Waals surface area contributed by atoms with Gasteiger partial charge in [-0.2, -0.15) is 0 Å². The van der Waals surface area contributed by atoms with Gasteiger partial charge in [0.25, 0.3) is 0 Å². The van der Waals surface area contributed by atoms with Crippen LogP contribution in [0.5, 0.6) is 0 Å². The molecule has 0 N–H and O–H groups in total. The van der Waals surface area contributed by atoms with Gasteiger partial charge in [-0.3, -0.25) is 0 Å². The van der Waals surface area contributed by atoms with Gasteiger partial charge in [-0.05, 0) is 51.4 Å². The third-order valence-corrected chi connectivity index (χ3v) is 3.53. The normalized spacial score (nSPS) is 36.0. The third-order valence-electron chi connectivity index (χ3n) is 3.53. The van der Waals surface area contributed by atoms with Crippen LogP contribution in [0, 0.1) is 11.8 Å². The van der Waals surface area contributed by atoms with Crippen molar-refractivity contribution >= 4 is 0 Å². The summed E-state index contributed by atoms with van der Waals surface area (Å²) in [5, 5.41) is 0. The van der Waals surface area contributed by atoms with E-state index in [0.29, 0.717) is 0 Å². The van der Waals surface area contributed by atoms with E-state index in [0.717, 1.165) is 11.8 Å². The number of allylic oxidation sites excluding steroid dienone is 2. The molecule has 0 amide bonds. The summed E-state index contributed by atoms with van der Waals surface area (Å²) >= 11 is 0. The van der Waals surface area contributed by atoms with Crippen molar-refractivity contribution in [2.75, 3.05) is 0 Å². The molecule has 2 rings (SSSR count). The molecule has 0 aromatic heterocycles. The maximum atomic E-state index is 2.29. The second-order valence-corrected chi connectivity index (χ2v) is 4.36. The summed E-state index contributed by atoms with van der Waals surface area (Å²) < 4.78 is 0. The largest absolute Gasteiger partial charge is 0.0769 e. The molecular weight excluding hydrogens is 132 g/mol. The fourth-order valence-corrected chi connectivity index (χ4v) is 2.99. The monoisotopic (exact) mass is 150 g/mol. The predicted octanol–water partition coefficient (Wildman–Crippen LogP) is 3.53. The maximum Gasteiger partial charge on any atom is -0.0172 e. The molecule has 0 saturated heterocycles. The second kappa shape index (κ2) is 2.66. The highest BCUT2D eigenvalue weighted by molar-refractivity contribution is 5.20. The maximum absolute atomic E-state index is 2.29. The van der Waals surface area contributed by atoms with Crippen LogP contribution < -0.4 is 0 Å². The molecule has 2 unspecified atom stereocenters. The van der Waals surface area contributed by atoms with Crippen LogP contribution >= 0.6 is 0 Å². The van der Waals surface area contributed by atoms with Gasteiger partial charge < -0.3 is 0 Å². The van der Waals surface area contributed by atoms with Gasteiger partial charge >= 0.3 is 0 Å². The summed E-state index contributed by atoms with van der Waals surface area (Å²) in [5.74, 6) is 2.10. The standard InChI is InChI=1S/C11H18/c1-8(2)10-7-6-9-4-3-5-11(9)10/h9,11H,3-7H2,1-2H3. The zero-order valence-electron chi connectivity index (χ0n) is 7.69. The van der Waals surface area contributed by atoms with E-state index in [4.69, 9.17) is 0 Å². The summed E-state index contributed by atoms with van der Waals surface area (Å²) in [6, 6.07) is 0. The first-order valence-corrected chi connectivity index (χ1v) is 4.95. The highest BCUT2D eigenvalue weighted by Crippen LogP contribution is 2.48. The zero-order valence-corrected chi connectivity index (χ0v) is 7.69. The smallest absolute Gasteiger partial charge is 0.0172 e. The van der Waals surface area contributed by atoms with Gasteiger partial charge in [-0.25, -0.2) is 0 Å². The Bertz CT molecular complexity index is 184. The van der Waals surface area contributed by atoms with E-state index >= 15 is 0 Å². The fourth-order valence-electron chi connectivity index (χ4n) is 2.99. The number of rotatable bonds is 0. The summed E-state index contributed by atoms with van der Waals surface area (Å²) in [5.41, 5.74) is 3.42. The molecule has 0 bridgehead atoms. The SMILES string of the molecule is CC(C)=C1CCC2CCCC12. The van der Waals surface area contributed by atoms with Crippen molar-refractivity contribution < 1.29 is 0 Å². The Morgan fingerprint density at radius 1 is 1.18 bits per heavy atom. The van der Waals surface area contributed by atoms with Crippen molar-refractivity contribution in [2.24, 2.45) is 11.8 Å². The molecule has 2 aliphatic carbocycles. The topological polar surface area (TPSA) is 0 Å². The lowest BCUT2D eigenvalue weighted by Crippen LogP contribution is -2.00. The predicted molar refractivity (Wildman–Crippen MR) is 48.4 cm³/mol. The quantitative estimate of drug-likeness (QED) is 0.463. The van der Waals surface area contributed by atoms with Crippen molar-refractivity contribution in [1.29, 1.82) is 0 Å². The Balaban J connectivity index is 2.21. The van der Waals surface area contributed by atoms with Gasteiger partial charge in [-0.1, -0.05) is 17.6 Å². The van der Waals surface area contributed by atoms with E-state index < -0.39 is 0 Å². The molecular formula is C11H18. The minimum atomic E-state index is 1.01. The molecule has 0 radical (unpaired) electrons.